The van der Waals surface area contributed by atoms with E-state index in [1.807, 2.05) is 22.8 Å². The van der Waals surface area contributed by atoms with Crippen LogP contribution in [0.3, 0.4) is 0 Å². The fourth-order valence-corrected chi connectivity index (χ4v) is 5.31. The highest BCUT2D eigenvalue weighted by molar-refractivity contribution is 14.1. The molecule has 2 heterocycles. The molecule has 2 aliphatic rings. The Kier molecular flexibility index (Phi) is 3.80. The fourth-order valence-electron chi connectivity index (χ4n) is 4.59. The molecule has 4 rings (SSSR count). The minimum Gasteiger partial charge on any atom is -0.273 e. The van der Waals surface area contributed by atoms with Crippen LogP contribution in [0.4, 0.5) is 11.5 Å². The smallest absolute Gasteiger partial charge is 0.243 e. The molecule has 0 N–H and O–H groups in total. The quantitative estimate of drug-likeness (QED) is 0.586. The Balaban J connectivity index is 2.03. The minimum absolute atomic E-state index is 0.0108. The van der Waals surface area contributed by atoms with Gasteiger partial charge in [0.25, 0.3) is 0 Å². The molecule has 2 aromatic rings. The van der Waals surface area contributed by atoms with Crippen molar-refractivity contribution >= 4 is 40.0 Å². The van der Waals surface area contributed by atoms with Crippen LogP contribution in [0, 0.1) is 3.57 Å². The Morgan fingerprint density at radius 2 is 1.88 bits per heavy atom. The number of carbonyl (C=O) groups is 1. The first-order valence-corrected chi connectivity index (χ1v) is 10.0. The number of anilines is 2. The summed E-state index contributed by atoms with van der Waals surface area (Å²) in [5.74, 6) is 1.12. The second-order valence-electron chi connectivity index (χ2n) is 8.32. The van der Waals surface area contributed by atoms with Crippen molar-refractivity contribution in [3.63, 3.8) is 0 Å². The van der Waals surface area contributed by atoms with Gasteiger partial charge in [0.1, 0.15) is 0 Å². The number of benzene rings is 1. The molecule has 1 amide bonds. The maximum Gasteiger partial charge on any atom is 0.243 e. The normalized spacial score (nSPS) is 19.1. The average Bonchev–Trinajstić information content (AvgIpc) is 3.22. The van der Waals surface area contributed by atoms with E-state index in [0.29, 0.717) is 0 Å². The van der Waals surface area contributed by atoms with Gasteiger partial charge in [-0.2, -0.15) is 5.10 Å². The lowest BCUT2D eigenvalue weighted by atomic mass is 9.72. The van der Waals surface area contributed by atoms with E-state index in [1.54, 1.807) is 0 Å². The summed E-state index contributed by atoms with van der Waals surface area (Å²) >= 11 is 2.28. The van der Waals surface area contributed by atoms with E-state index in [9.17, 15) is 4.79 Å². The molecule has 1 saturated carbocycles. The number of halogens is 1. The molecule has 1 fully saturated rings. The molecular weight excluding hydrogens is 425 g/mol. The molecule has 0 saturated heterocycles. The van der Waals surface area contributed by atoms with Gasteiger partial charge in [-0.25, -0.2) is 0 Å². The lowest BCUT2D eigenvalue weighted by Gasteiger charge is -2.29. The van der Waals surface area contributed by atoms with Crippen LogP contribution in [-0.2, 0) is 22.7 Å². The lowest BCUT2D eigenvalue weighted by molar-refractivity contribution is -0.122. The zero-order valence-corrected chi connectivity index (χ0v) is 17.4. The summed E-state index contributed by atoms with van der Waals surface area (Å²) < 4.78 is 2.83. The molecule has 1 spiro atoms. The Morgan fingerprint density at radius 1 is 1.20 bits per heavy atom. The number of hydrogen-bond donors (Lipinski definition) is 0. The van der Waals surface area contributed by atoms with Crippen LogP contribution < -0.4 is 4.90 Å². The Labute approximate surface area is 162 Å². The van der Waals surface area contributed by atoms with Crippen LogP contribution in [0.5, 0.6) is 0 Å². The molecule has 1 aliphatic heterocycles. The molecular formula is C20H24IN3O. The van der Waals surface area contributed by atoms with Crippen molar-refractivity contribution in [1.82, 2.24) is 9.78 Å². The maximum atomic E-state index is 13.8. The Morgan fingerprint density at radius 3 is 2.44 bits per heavy atom. The molecule has 25 heavy (non-hydrogen) atoms. The molecule has 1 aromatic carbocycles. The minimum atomic E-state index is -0.355. The van der Waals surface area contributed by atoms with E-state index in [0.717, 1.165) is 40.8 Å². The van der Waals surface area contributed by atoms with Crippen LogP contribution >= 0.6 is 22.6 Å². The first-order chi connectivity index (χ1) is 11.8. The van der Waals surface area contributed by atoms with Crippen molar-refractivity contribution in [2.24, 2.45) is 7.05 Å². The summed E-state index contributed by atoms with van der Waals surface area (Å²) in [5, 5.41) is 4.37. The van der Waals surface area contributed by atoms with Gasteiger partial charge in [-0.15, -0.1) is 0 Å². The van der Waals surface area contributed by atoms with Gasteiger partial charge >= 0.3 is 0 Å². The van der Waals surface area contributed by atoms with Crippen molar-refractivity contribution < 1.29 is 4.79 Å². The van der Waals surface area contributed by atoms with Gasteiger partial charge in [-0.3, -0.25) is 14.4 Å². The highest BCUT2D eigenvalue weighted by Crippen LogP contribution is 2.56. The third-order valence-electron chi connectivity index (χ3n) is 5.72. The van der Waals surface area contributed by atoms with Gasteiger partial charge in [0.15, 0.2) is 5.82 Å². The molecule has 1 aliphatic carbocycles. The molecule has 0 radical (unpaired) electrons. The van der Waals surface area contributed by atoms with Crippen molar-refractivity contribution in [2.45, 2.75) is 57.3 Å². The molecule has 0 unspecified atom stereocenters. The number of rotatable bonds is 1. The SMILES string of the molecule is Cn1ncc(I)c1N1C(=O)C2(CCCC2)c2c1cccc2C(C)(C)C. The summed E-state index contributed by atoms with van der Waals surface area (Å²) in [6, 6.07) is 6.42. The highest BCUT2D eigenvalue weighted by Gasteiger charge is 2.55. The zero-order chi connectivity index (χ0) is 18.0. The Hall–Kier alpha value is -1.37. The molecule has 132 valence electrons. The van der Waals surface area contributed by atoms with E-state index in [1.165, 1.54) is 11.1 Å². The van der Waals surface area contributed by atoms with E-state index < -0.39 is 0 Å². The molecule has 5 heteroatoms. The van der Waals surface area contributed by atoms with E-state index >= 15 is 0 Å². The van der Waals surface area contributed by atoms with Crippen LogP contribution in [-0.4, -0.2) is 15.7 Å². The number of fused-ring (bicyclic) bond motifs is 2. The first kappa shape index (κ1) is 17.1. The van der Waals surface area contributed by atoms with Gasteiger partial charge in [0.2, 0.25) is 5.91 Å². The van der Waals surface area contributed by atoms with Gasteiger partial charge in [-0.1, -0.05) is 45.7 Å². The third-order valence-corrected chi connectivity index (χ3v) is 6.48. The summed E-state index contributed by atoms with van der Waals surface area (Å²) in [5.41, 5.74) is 3.28. The summed E-state index contributed by atoms with van der Waals surface area (Å²) in [4.78, 5) is 15.7. The third kappa shape index (κ3) is 2.31. The van der Waals surface area contributed by atoms with Crippen molar-refractivity contribution in [3.8, 4) is 0 Å². The van der Waals surface area contributed by atoms with Crippen LogP contribution in [0.2, 0.25) is 0 Å². The van der Waals surface area contributed by atoms with Crippen molar-refractivity contribution in [1.29, 1.82) is 0 Å². The summed E-state index contributed by atoms with van der Waals surface area (Å²) in [6.45, 7) is 6.73. The number of carbonyl (C=O) groups excluding carboxylic acids is 1. The highest BCUT2D eigenvalue weighted by atomic mass is 127. The van der Waals surface area contributed by atoms with Crippen LogP contribution in [0.15, 0.2) is 24.4 Å². The van der Waals surface area contributed by atoms with Crippen molar-refractivity contribution in [3.05, 3.63) is 39.1 Å². The number of amides is 1. The second-order valence-corrected chi connectivity index (χ2v) is 9.48. The number of hydrogen-bond acceptors (Lipinski definition) is 2. The zero-order valence-electron chi connectivity index (χ0n) is 15.3. The topological polar surface area (TPSA) is 38.1 Å². The predicted octanol–water partition coefficient (Wildman–Crippen LogP) is 4.81. The van der Waals surface area contributed by atoms with Crippen molar-refractivity contribution in [2.75, 3.05) is 4.90 Å². The van der Waals surface area contributed by atoms with Gasteiger partial charge < -0.3 is 0 Å². The summed E-state index contributed by atoms with van der Waals surface area (Å²) in [7, 11) is 1.91. The van der Waals surface area contributed by atoms with Gasteiger partial charge in [0.05, 0.1) is 20.9 Å². The largest absolute Gasteiger partial charge is 0.273 e. The lowest BCUT2D eigenvalue weighted by Crippen LogP contribution is -2.37. The molecule has 0 atom stereocenters. The van der Waals surface area contributed by atoms with Gasteiger partial charge in [-0.05, 0) is 58.0 Å². The van der Waals surface area contributed by atoms with Crippen LogP contribution in [0.1, 0.15) is 57.6 Å². The molecule has 1 aromatic heterocycles. The molecule has 0 bridgehead atoms. The first-order valence-electron chi connectivity index (χ1n) is 8.93. The summed E-state index contributed by atoms with van der Waals surface area (Å²) in [6.07, 6.45) is 5.99. The number of nitrogens with zero attached hydrogens (tertiary/aromatic N) is 3. The van der Waals surface area contributed by atoms with E-state index in [4.69, 9.17) is 0 Å². The van der Waals surface area contributed by atoms with E-state index in [2.05, 4.69) is 66.7 Å². The van der Waals surface area contributed by atoms with Gasteiger partial charge in [0, 0.05) is 7.05 Å². The number of aromatic nitrogens is 2. The monoisotopic (exact) mass is 449 g/mol. The average molecular weight is 449 g/mol. The Bertz CT molecular complexity index is 837. The van der Waals surface area contributed by atoms with Crippen LogP contribution in [0.25, 0.3) is 0 Å². The standard InChI is InChI=1S/C20H24IN3O/c1-19(2,3)13-8-7-9-15-16(13)20(10-5-6-11-20)18(25)24(15)17-14(21)12-22-23(17)4/h7-9,12H,5-6,10-11H2,1-4H3. The second kappa shape index (κ2) is 5.56. The number of aryl methyl sites for hydroxylation is 1. The maximum absolute atomic E-state index is 13.8. The predicted molar refractivity (Wildman–Crippen MR) is 108 cm³/mol. The fraction of sp³-hybridized carbons (Fsp3) is 0.500. The molecule has 4 nitrogen and oxygen atoms in total. The van der Waals surface area contributed by atoms with E-state index in [-0.39, 0.29) is 16.7 Å².